The van der Waals surface area contributed by atoms with Crippen LogP contribution in [-0.2, 0) is 24.2 Å². The summed E-state index contributed by atoms with van der Waals surface area (Å²) in [4.78, 5) is 22.5. The summed E-state index contributed by atoms with van der Waals surface area (Å²) in [6, 6.07) is 18.1. The zero-order valence-electron chi connectivity index (χ0n) is 20.6. The van der Waals surface area contributed by atoms with Gasteiger partial charge in [0.05, 0.1) is 5.92 Å². The molecule has 0 unspecified atom stereocenters. The topological polar surface area (TPSA) is 92.4 Å². The number of aliphatic carboxylic acids is 1. The quantitative estimate of drug-likeness (QED) is 0.368. The molecule has 1 heterocycles. The van der Waals surface area contributed by atoms with Crippen LogP contribution in [0.15, 0.2) is 59.1 Å². The van der Waals surface area contributed by atoms with Gasteiger partial charge in [-0.15, -0.1) is 0 Å². The van der Waals surface area contributed by atoms with Gasteiger partial charge >= 0.3 is 5.97 Å². The van der Waals surface area contributed by atoms with E-state index in [4.69, 9.17) is 9.63 Å². The second kappa shape index (κ2) is 14.0. The first-order valence-corrected chi connectivity index (χ1v) is 12.1. The predicted octanol–water partition coefficient (Wildman–Crippen LogP) is 6.29. The van der Waals surface area contributed by atoms with Gasteiger partial charge in [0.25, 0.3) is 5.91 Å². The first-order valence-electron chi connectivity index (χ1n) is 12.1. The van der Waals surface area contributed by atoms with Crippen molar-refractivity contribution in [3.63, 3.8) is 0 Å². The van der Waals surface area contributed by atoms with E-state index in [1.54, 1.807) is 6.07 Å². The van der Waals surface area contributed by atoms with Crippen molar-refractivity contribution < 1.29 is 19.2 Å². The van der Waals surface area contributed by atoms with Crippen molar-refractivity contribution in [1.29, 1.82) is 0 Å². The number of aryl methyl sites for hydroxylation is 2. The minimum absolute atomic E-state index is 0.130. The standard InChI is InChI=1S/C22H24N2O2.C6H12O2/c1-3-5-17-6-8-18(9-7-17)15-23-22(25)20-14-21(26-24-20)19-12-10-16(4-2)11-13-19;1-3-5(4-2)6(7)8/h6-14H,3-5,15H2,1-2H3,(H,23,25);5H,3-4H2,1-2H3,(H,7,8). The molecule has 182 valence electrons. The fourth-order valence-corrected chi connectivity index (χ4v) is 3.45. The Kier molecular flexibility index (Phi) is 11.0. The maximum absolute atomic E-state index is 12.3. The minimum atomic E-state index is -0.671. The molecule has 3 rings (SSSR count). The van der Waals surface area contributed by atoms with Crippen molar-refractivity contribution in [2.45, 2.75) is 66.3 Å². The van der Waals surface area contributed by atoms with Crippen molar-refractivity contribution in [1.82, 2.24) is 10.5 Å². The van der Waals surface area contributed by atoms with Crippen LogP contribution in [-0.4, -0.2) is 22.1 Å². The molecule has 1 aromatic heterocycles. The van der Waals surface area contributed by atoms with E-state index in [2.05, 4.69) is 60.7 Å². The van der Waals surface area contributed by atoms with Crippen LogP contribution in [0.3, 0.4) is 0 Å². The van der Waals surface area contributed by atoms with Gasteiger partial charge < -0.3 is 14.9 Å². The van der Waals surface area contributed by atoms with Crippen LogP contribution < -0.4 is 5.32 Å². The molecule has 1 amide bonds. The Morgan fingerprint density at radius 2 is 1.50 bits per heavy atom. The van der Waals surface area contributed by atoms with Crippen LogP contribution in [0.2, 0.25) is 0 Å². The number of benzene rings is 2. The summed E-state index contributed by atoms with van der Waals surface area (Å²) < 4.78 is 5.33. The summed E-state index contributed by atoms with van der Waals surface area (Å²) in [6.07, 6.45) is 4.68. The zero-order valence-corrected chi connectivity index (χ0v) is 20.6. The van der Waals surface area contributed by atoms with E-state index < -0.39 is 5.97 Å². The van der Waals surface area contributed by atoms with Gasteiger partial charge in [-0.1, -0.05) is 87.8 Å². The number of nitrogens with zero attached hydrogens (tertiary/aromatic N) is 1. The lowest BCUT2D eigenvalue weighted by atomic mass is 10.1. The van der Waals surface area contributed by atoms with E-state index in [1.807, 2.05) is 26.0 Å². The minimum Gasteiger partial charge on any atom is -0.481 e. The normalized spacial score (nSPS) is 10.5. The molecule has 0 spiro atoms. The number of carboxylic acids is 1. The van der Waals surface area contributed by atoms with E-state index in [9.17, 15) is 9.59 Å². The molecule has 6 nitrogen and oxygen atoms in total. The summed E-state index contributed by atoms with van der Waals surface area (Å²) >= 11 is 0. The molecule has 0 saturated heterocycles. The largest absolute Gasteiger partial charge is 0.481 e. The lowest BCUT2D eigenvalue weighted by molar-refractivity contribution is -0.141. The first-order chi connectivity index (χ1) is 16.4. The fraction of sp³-hybridized carbons (Fsp3) is 0.393. The molecule has 0 atom stereocenters. The van der Waals surface area contributed by atoms with Crippen LogP contribution in [0, 0.1) is 5.92 Å². The molecule has 0 fully saturated rings. The predicted molar refractivity (Wildman–Crippen MR) is 135 cm³/mol. The summed E-state index contributed by atoms with van der Waals surface area (Å²) in [5.41, 5.74) is 4.86. The van der Waals surface area contributed by atoms with E-state index in [0.29, 0.717) is 18.0 Å². The summed E-state index contributed by atoms with van der Waals surface area (Å²) in [6.45, 7) is 8.53. The highest BCUT2D eigenvalue weighted by atomic mass is 16.5. The van der Waals surface area contributed by atoms with Crippen LogP contribution in [0.4, 0.5) is 0 Å². The van der Waals surface area contributed by atoms with Crippen LogP contribution in [0.1, 0.15) is 74.1 Å². The average Bonchev–Trinajstić information content (AvgIpc) is 3.35. The molecule has 0 radical (unpaired) electrons. The number of aromatic nitrogens is 1. The van der Waals surface area contributed by atoms with E-state index in [-0.39, 0.29) is 11.8 Å². The molecule has 0 aliphatic carbocycles. The van der Waals surface area contributed by atoms with Gasteiger partial charge in [-0.25, -0.2) is 0 Å². The van der Waals surface area contributed by atoms with E-state index in [0.717, 1.165) is 43.2 Å². The monoisotopic (exact) mass is 464 g/mol. The Morgan fingerprint density at radius 1 is 0.912 bits per heavy atom. The van der Waals surface area contributed by atoms with Gasteiger partial charge in [-0.2, -0.15) is 0 Å². The lowest BCUT2D eigenvalue weighted by Crippen LogP contribution is -2.23. The van der Waals surface area contributed by atoms with Crippen LogP contribution in [0.5, 0.6) is 0 Å². The van der Waals surface area contributed by atoms with Crippen molar-refractivity contribution >= 4 is 11.9 Å². The van der Waals surface area contributed by atoms with Crippen LogP contribution in [0.25, 0.3) is 11.3 Å². The Morgan fingerprint density at radius 3 is 2.00 bits per heavy atom. The maximum Gasteiger partial charge on any atom is 0.306 e. The Bertz CT molecular complexity index is 1020. The van der Waals surface area contributed by atoms with Gasteiger partial charge in [0, 0.05) is 18.2 Å². The molecule has 0 aliphatic rings. The van der Waals surface area contributed by atoms with Crippen molar-refractivity contribution in [2.75, 3.05) is 0 Å². The highest BCUT2D eigenvalue weighted by Crippen LogP contribution is 2.21. The Labute approximate surface area is 202 Å². The second-order valence-electron chi connectivity index (χ2n) is 8.23. The molecular weight excluding hydrogens is 428 g/mol. The molecule has 6 heteroatoms. The maximum atomic E-state index is 12.3. The molecule has 2 aromatic carbocycles. The number of carbonyl (C=O) groups excluding carboxylic acids is 1. The third-order valence-corrected chi connectivity index (χ3v) is 5.74. The Hall–Kier alpha value is -3.41. The number of nitrogens with one attached hydrogen (secondary N) is 1. The summed E-state index contributed by atoms with van der Waals surface area (Å²) in [5.74, 6) is -0.436. The van der Waals surface area contributed by atoms with Gasteiger partial charge in [0.2, 0.25) is 0 Å². The fourth-order valence-electron chi connectivity index (χ4n) is 3.45. The zero-order chi connectivity index (χ0) is 24.9. The number of rotatable bonds is 10. The SMILES string of the molecule is CCC(CC)C(=O)O.CCCc1ccc(CNC(=O)c2cc(-c3ccc(CC)cc3)on2)cc1. The molecule has 34 heavy (non-hydrogen) atoms. The second-order valence-corrected chi connectivity index (χ2v) is 8.23. The molecular formula is C28H36N2O4. The van der Waals surface area contributed by atoms with Gasteiger partial charge in [0.15, 0.2) is 11.5 Å². The third-order valence-electron chi connectivity index (χ3n) is 5.74. The van der Waals surface area contributed by atoms with Crippen molar-refractivity contribution in [3.8, 4) is 11.3 Å². The van der Waals surface area contributed by atoms with E-state index in [1.165, 1.54) is 11.1 Å². The highest BCUT2D eigenvalue weighted by Gasteiger charge is 2.13. The number of hydrogen-bond acceptors (Lipinski definition) is 4. The smallest absolute Gasteiger partial charge is 0.306 e. The molecule has 0 aliphatic heterocycles. The number of carboxylic acid groups (broad SMARTS) is 1. The first kappa shape index (κ1) is 26.8. The highest BCUT2D eigenvalue weighted by molar-refractivity contribution is 5.93. The van der Waals surface area contributed by atoms with Crippen LogP contribution >= 0.6 is 0 Å². The summed E-state index contributed by atoms with van der Waals surface area (Å²) in [5, 5.41) is 15.2. The van der Waals surface area contributed by atoms with Crippen molar-refractivity contribution in [2.24, 2.45) is 5.92 Å². The van der Waals surface area contributed by atoms with Gasteiger partial charge in [-0.05, 0) is 42.4 Å². The van der Waals surface area contributed by atoms with Gasteiger partial charge in [0.1, 0.15) is 0 Å². The van der Waals surface area contributed by atoms with Crippen molar-refractivity contribution in [3.05, 3.63) is 77.0 Å². The third kappa shape index (κ3) is 8.18. The number of amides is 1. The molecule has 0 bridgehead atoms. The lowest BCUT2D eigenvalue weighted by Gasteiger charge is -2.04. The summed E-state index contributed by atoms with van der Waals surface area (Å²) in [7, 11) is 0. The number of hydrogen-bond donors (Lipinski definition) is 2. The average molecular weight is 465 g/mol. The van der Waals surface area contributed by atoms with E-state index >= 15 is 0 Å². The molecule has 0 saturated carbocycles. The number of carbonyl (C=O) groups is 2. The van der Waals surface area contributed by atoms with Gasteiger partial charge in [-0.3, -0.25) is 9.59 Å². The Balaban J connectivity index is 0.000000440. The molecule has 2 N–H and O–H groups in total. The molecule has 3 aromatic rings.